The molecule has 154 valence electrons. The number of aromatic nitrogens is 2. The average molecular weight is 406 g/mol. The van der Waals surface area contributed by atoms with Gasteiger partial charge in [0.15, 0.2) is 5.82 Å². The van der Waals surface area contributed by atoms with Gasteiger partial charge < -0.3 is 14.5 Å². The third-order valence-corrected chi connectivity index (χ3v) is 5.26. The zero-order valence-electron chi connectivity index (χ0n) is 16.8. The van der Waals surface area contributed by atoms with Gasteiger partial charge in [0.25, 0.3) is 0 Å². The molecule has 6 nitrogen and oxygen atoms in total. The van der Waals surface area contributed by atoms with Crippen LogP contribution in [0.2, 0.25) is 0 Å². The minimum atomic E-state index is -0.293. The smallest absolute Gasteiger partial charge is 0.227 e. The first-order valence-corrected chi connectivity index (χ1v) is 9.88. The Hall–Kier alpha value is -3.48. The lowest BCUT2D eigenvalue weighted by Crippen LogP contribution is -2.49. The number of piperazine rings is 1. The third-order valence-electron chi connectivity index (χ3n) is 5.26. The fraction of sp³-hybridized carbons (Fsp3) is 0.261. The first-order chi connectivity index (χ1) is 14.6. The minimum Gasteiger partial charge on any atom is -0.497 e. The van der Waals surface area contributed by atoms with Crippen molar-refractivity contribution >= 4 is 11.7 Å². The van der Waals surface area contributed by atoms with Gasteiger partial charge in [-0.25, -0.2) is 4.39 Å². The predicted molar refractivity (Wildman–Crippen MR) is 113 cm³/mol. The molecule has 0 atom stereocenters. The highest BCUT2D eigenvalue weighted by Gasteiger charge is 2.22. The number of amides is 1. The molecule has 0 unspecified atom stereocenters. The number of carbonyl (C=O) groups is 1. The maximum atomic E-state index is 13.0. The summed E-state index contributed by atoms with van der Waals surface area (Å²) >= 11 is 0. The van der Waals surface area contributed by atoms with Gasteiger partial charge in [0.1, 0.15) is 11.6 Å². The van der Waals surface area contributed by atoms with Crippen molar-refractivity contribution in [2.75, 3.05) is 38.2 Å². The van der Waals surface area contributed by atoms with Crippen molar-refractivity contribution in [3.63, 3.8) is 0 Å². The Kier molecular flexibility index (Phi) is 5.88. The number of hydrogen-bond acceptors (Lipinski definition) is 5. The summed E-state index contributed by atoms with van der Waals surface area (Å²) in [6.45, 7) is 2.65. The van der Waals surface area contributed by atoms with E-state index in [4.69, 9.17) is 4.74 Å². The summed E-state index contributed by atoms with van der Waals surface area (Å²) in [5.41, 5.74) is 2.60. The normalized spacial score (nSPS) is 13.9. The minimum absolute atomic E-state index is 0.0576. The molecule has 1 amide bonds. The van der Waals surface area contributed by atoms with Crippen molar-refractivity contribution in [2.45, 2.75) is 6.42 Å². The van der Waals surface area contributed by atoms with Crippen LogP contribution in [0, 0.1) is 5.82 Å². The summed E-state index contributed by atoms with van der Waals surface area (Å²) in [6, 6.07) is 17.7. The van der Waals surface area contributed by atoms with E-state index >= 15 is 0 Å². The van der Waals surface area contributed by atoms with E-state index in [2.05, 4.69) is 15.1 Å². The molecule has 1 saturated heterocycles. The fourth-order valence-corrected chi connectivity index (χ4v) is 3.48. The Morgan fingerprint density at radius 1 is 0.933 bits per heavy atom. The highest BCUT2D eigenvalue weighted by Crippen LogP contribution is 2.22. The van der Waals surface area contributed by atoms with E-state index in [1.807, 2.05) is 41.3 Å². The molecule has 0 radical (unpaired) electrons. The van der Waals surface area contributed by atoms with Gasteiger partial charge in [0.2, 0.25) is 5.91 Å². The lowest BCUT2D eigenvalue weighted by Gasteiger charge is -2.35. The Bertz CT molecular complexity index is 983. The zero-order chi connectivity index (χ0) is 20.9. The number of nitrogens with zero attached hydrogens (tertiary/aromatic N) is 4. The third kappa shape index (κ3) is 4.56. The van der Waals surface area contributed by atoms with Crippen LogP contribution in [-0.4, -0.2) is 54.3 Å². The van der Waals surface area contributed by atoms with Crippen molar-refractivity contribution < 1.29 is 13.9 Å². The first kappa shape index (κ1) is 19.8. The molecular weight excluding hydrogens is 383 g/mol. The second kappa shape index (κ2) is 8.90. The van der Waals surface area contributed by atoms with Crippen LogP contribution in [0.15, 0.2) is 60.7 Å². The van der Waals surface area contributed by atoms with Crippen LogP contribution in [-0.2, 0) is 11.2 Å². The second-order valence-electron chi connectivity index (χ2n) is 7.18. The van der Waals surface area contributed by atoms with Crippen molar-refractivity contribution in [1.29, 1.82) is 0 Å². The number of halogens is 1. The van der Waals surface area contributed by atoms with Crippen molar-refractivity contribution in [3.05, 3.63) is 72.0 Å². The molecule has 0 spiro atoms. The Labute approximate surface area is 174 Å². The number of anilines is 1. The molecule has 0 aliphatic carbocycles. The zero-order valence-corrected chi connectivity index (χ0v) is 16.8. The topological polar surface area (TPSA) is 58.6 Å². The largest absolute Gasteiger partial charge is 0.497 e. The summed E-state index contributed by atoms with van der Waals surface area (Å²) in [5, 5.41) is 8.73. The van der Waals surface area contributed by atoms with Crippen LogP contribution < -0.4 is 9.64 Å². The monoisotopic (exact) mass is 406 g/mol. The van der Waals surface area contributed by atoms with Gasteiger partial charge in [-0.05, 0) is 54.1 Å². The van der Waals surface area contributed by atoms with Gasteiger partial charge in [-0.2, -0.15) is 0 Å². The van der Waals surface area contributed by atoms with Gasteiger partial charge in [0, 0.05) is 31.7 Å². The van der Waals surface area contributed by atoms with Crippen LogP contribution in [0.4, 0.5) is 10.2 Å². The highest BCUT2D eigenvalue weighted by atomic mass is 19.1. The van der Waals surface area contributed by atoms with Gasteiger partial charge in [-0.1, -0.05) is 12.1 Å². The molecular formula is C23H23FN4O2. The van der Waals surface area contributed by atoms with E-state index in [1.54, 1.807) is 19.2 Å². The number of ether oxygens (including phenoxy) is 1. The molecule has 2 aromatic carbocycles. The number of rotatable bonds is 5. The Morgan fingerprint density at radius 3 is 2.23 bits per heavy atom. The fourth-order valence-electron chi connectivity index (χ4n) is 3.48. The van der Waals surface area contributed by atoms with Crippen LogP contribution in [0.3, 0.4) is 0 Å². The Morgan fingerprint density at radius 2 is 1.63 bits per heavy atom. The maximum absolute atomic E-state index is 13.0. The molecule has 1 aromatic heterocycles. The molecule has 4 rings (SSSR count). The van der Waals surface area contributed by atoms with Gasteiger partial charge in [0.05, 0.1) is 19.2 Å². The molecule has 2 heterocycles. The molecule has 3 aromatic rings. The lowest BCUT2D eigenvalue weighted by atomic mass is 10.1. The van der Waals surface area contributed by atoms with E-state index in [0.717, 1.165) is 28.4 Å². The van der Waals surface area contributed by atoms with Gasteiger partial charge >= 0.3 is 0 Å². The number of methoxy groups -OCH3 is 1. The molecule has 0 bridgehead atoms. The van der Waals surface area contributed by atoms with Crippen LogP contribution in [0.5, 0.6) is 5.75 Å². The van der Waals surface area contributed by atoms with Crippen LogP contribution in [0.25, 0.3) is 11.3 Å². The van der Waals surface area contributed by atoms with Crippen molar-refractivity contribution in [1.82, 2.24) is 15.1 Å². The molecule has 0 N–H and O–H groups in total. The second-order valence-corrected chi connectivity index (χ2v) is 7.18. The van der Waals surface area contributed by atoms with E-state index in [-0.39, 0.29) is 18.1 Å². The van der Waals surface area contributed by atoms with E-state index in [0.29, 0.717) is 26.2 Å². The van der Waals surface area contributed by atoms with Gasteiger partial charge in [-0.3, -0.25) is 4.79 Å². The summed E-state index contributed by atoms with van der Waals surface area (Å²) in [5.74, 6) is 1.37. The number of benzene rings is 2. The molecule has 1 fully saturated rings. The SMILES string of the molecule is COc1ccc(-c2ccc(N3CCN(C(=O)Cc4ccc(F)cc4)CC3)nn2)cc1. The van der Waals surface area contributed by atoms with Crippen molar-refractivity contribution in [2.24, 2.45) is 0 Å². The summed E-state index contributed by atoms with van der Waals surface area (Å²) in [6.07, 6.45) is 0.288. The highest BCUT2D eigenvalue weighted by molar-refractivity contribution is 5.79. The standard InChI is InChI=1S/C23H23FN4O2/c1-30-20-8-4-18(5-9-20)21-10-11-22(26-25-21)27-12-14-28(15-13-27)23(29)16-17-2-6-19(24)7-3-17/h2-11H,12-16H2,1H3. The van der Waals surface area contributed by atoms with E-state index in [9.17, 15) is 9.18 Å². The summed E-state index contributed by atoms with van der Waals surface area (Å²) < 4.78 is 18.2. The van der Waals surface area contributed by atoms with Gasteiger partial charge in [-0.15, -0.1) is 10.2 Å². The number of carbonyl (C=O) groups excluding carboxylic acids is 1. The maximum Gasteiger partial charge on any atom is 0.227 e. The first-order valence-electron chi connectivity index (χ1n) is 9.88. The quantitative estimate of drug-likeness (QED) is 0.651. The van der Waals surface area contributed by atoms with E-state index < -0.39 is 0 Å². The Balaban J connectivity index is 1.33. The lowest BCUT2D eigenvalue weighted by molar-refractivity contribution is -0.130. The van der Waals surface area contributed by atoms with Crippen LogP contribution >= 0.6 is 0 Å². The van der Waals surface area contributed by atoms with Crippen LogP contribution in [0.1, 0.15) is 5.56 Å². The molecule has 1 aliphatic rings. The molecule has 0 saturated carbocycles. The summed E-state index contributed by atoms with van der Waals surface area (Å²) in [4.78, 5) is 16.5. The van der Waals surface area contributed by atoms with Crippen molar-refractivity contribution in [3.8, 4) is 17.0 Å². The van der Waals surface area contributed by atoms with E-state index in [1.165, 1.54) is 12.1 Å². The molecule has 1 aliphatic heterocycles. The number of hydrogen-bond donors (Lipinski definition) is 0. The average Bonchev–Trinajstić information content (AvgIpc) is 2.81. The predicted octanol–water partition coefficient (Wildman–Crippen LogP) is 3.18. The molecule has 7 heteroatoms. The summed E-state index contributed by atoms with van der Waals surface area (Å²) in [7, 11) is 1.64. The molecule has 30 heavy (non-hydrogen) atoms.